The molecule has 0 aromatic carbocycles. The van der Waals surface area contributed by atoms with Gasteiger partial charge in [-0.25, -0.2) is 0 Å². The normalized spacial score (nSPS) is 29.3. The second-order valence-corrected chi connectivity index (χ2v) is 7.48. The first-order valence-corrected chi connectivity index (χ1v) is 8.67. The van der Waals surface area contributed by atoms with Crippen LogP contribution >= 0.6 is 0 Å². The zero-order valence-electron chi connectivity index (χ0n) is 13.9. The number of rotatable bonds is 7. The fraction of sp³-hybridized carbons (Fsp3) is 0.941. The molecule has 0 bridgehead atoms. The van der Waals surface area contributed by atoms with Crippen molar-refractivity contribution in [3.63, 3.8) is 0 Å². The average molecular weight is 296 g/mol. The summed E-state index contributed by atoms with van der Waals surface area (Å²) in [4.78, 5) is 14.2. The number of aliphatic carboxylic acids is 1. The second kappa shape index (κ2) is 7.10. The molecule has 3 atom stereocenters. The van der Waals surface area contributed by atoms with Crippen LogP contribution in [-0.2, 0) is 4.79 Å². The van der Waals surface area contributed by atoms with Crippen LogP contribution in [0.15, 0.2) is 0 Å². The van der Waals surface area contributed by atoms with E-state index in [2.05, 4.69) is 10.2 Å². The highest BCUT2D eigenvalue weighted by Crippen LogP contribution is 2.36. The summed E-state index contributed by atoms with van der Waals surface area (Å²) in [5, 5.41) is 12.7. The molecule has 4 nitrogen and oxygen atoms in total. The van der Waals surface area contributed by atoms with E-state index in [-0.39, 0.29) is 6.04 Å². The van der Waals surface area contributed by atoms with Gasteiger partial charge >= 0.3 is 5.97 Å². The Morgan fingerprint density at radius 3 is 2.71 bits per heavy atom. The highest BCUT2D eigenvalue weighted by atomic mass is 16.4. The Kier molecular flexibility index (Phi) is 5.67. The first kappa shape index (κ1) is 16.8. The van der Waals surface area contributed by atoms with Crippen LogP contribution in [0.25, 0.3) is 0 Å². The predicted molar refractivity (Wildman–Crippen MR) is 85.5 cm³/mol. The quantitative estimate of drug-likeness (QED) is 0.758. The van der Waals surface area contributed by atoms with E-state index in [1.807, 2.05) is 20.8 Å². The van der Waals surface area contributed by atoms with E-state index in [0.29, 0.717) is 6.42 Å². The SMILES string of the molecule is CC(C)NC(C)(CCCN1CCC2CCCCC21)C(=O)O. The van der Waals surface area contributed by atoms with Crippen molar-refractivity contribution >= 4 is 5.97 Å². The minimum absolute atomic E-state index is 0.195. The largest absolute Gasteiger partial charge is 0.480 e. The van der Waals surface area contributed by atoms with E-state index in [9.17, 15) is 9.90 Å². The van der Waals surface area contributed by atoms with Gasteiger partial charge in [0, 0.05) is 12.1 Å². The van der Waals surface area contributed by atoms with E-state index in [0.717, 1.165) is 24.9 Å². The van der Waals surface area contributed by atoms with Crippen molar-refractivity contribution in [2.45, 2.75) is 83.3 Å². The van der Waals surface area contributed by atoms with Crippen LogP contribution in [0.4, 0.5) is 0 Å². The lowest BCUT2D eigenvalue weighted by molar-refractivity contribution is -0.144. The number of nitrogens with zero attached hydrogens (tertiary/aromatic N) is 1. The highest BCUT2D eigenvalue weighted by Gasteiger charge is 2.37. The smallest absolute Gasteiger partial charge is 0.323 e. The van der Waals surface area contributed by atoms with Crippen molar-refractivity contribution in [1.82, 2.24) is 10.2 Å². The maximum Gasteiger partial charge on any atom is 0.323 e. The lowest BCUT2D eigenvalue weighted by Crippen LogP contribution is -2.52. The van der Waals surface area contributed by atoms with Gasteiger partial charge in [0.1, 0.15) is 5.54 Å². The number of carboxylic acids is 1. The van der Waals surface area contributed by atoms with E-state index in [1.165, 1.54) is 38.6 Å². The molecule has 2 rings (SSSR count). The molecule has 1 aliphatic carbocycles. The summed E-state index contributed by atoms with van der Waals surface area (Å²) in [5.41, 5.74) is -0.792. The Balaban J connectivity index is 1.81. The van der Waals surface area contributed by atoms with Gasteiger partial charge in [0.2, 0.25) is 0 Å². The average Bonchev–Trinajstić information content (AvgIpc) is 2.81. The minimum atomic E-state index is -0.792. The number of nitrogens with one attached hydrogen (secondary N) is 1. The van der Waals surface area contributed by atoms with Crippen molar-refractivity contribution in [3.8, 4) is 0 Å². The Morgan fingerprint density at radius 2 is 2.05 bits per heavy atom. The molecule has 0 radical (unpaired) electrons. The fourth-order valence-corrected chi connectivity index (χ4v) is 4.29. The molecule has 0 amide bonds. The number of carbonyl (C=O) groups is 1. The van der Waals surface area contributed by atoms with Crippen molar-refractivity contribution in [3.05, 3.63) is 0 Å². The van der Waals surface area contributed by atoms with E-state index >= 15 is 0 Å². The second-order valence-electron chi connectivity index (χ2n) is 7.48. The standard InChI is InChI=1S/C17H32N2O2/c1-13(2)18-17(3,16(20)21)10-6-11-19-12-9-14-7-4-5-8-15(14)19/h13-15,18H,4-12H2,1-3H3,(H,20,21). The first-order valence-electron chi connectivity index (χ1n) is 8.67. The zero-order valence-corrected chi connectivity index (χ0v) is 13.9. The third kappa shape index (κ3) is 4.19. The van der Waals surface area contributed by atoms with Crippen LogP contribution in [0, 0.1) is 5.92 Å². The zero-order chi connectivity index (χ0) is 15.5. The predicted octanol–water partition coefficient (Wildman–Crippen LogP) is 2.87. The maximum atomic E-state index is 11.5. The van der Waals surface area contributed by atoms with E-state index < -0.39 is 11.5 Å². The van der Waals surface area contributed by atoms with Gasteiger partial charge in [-0.15, -0.1) is 0 Å². The number of hydrogen-bond acceptors (Lipinski definition) is 3. The molecular formula is C17H32N2O2. The molecule has 0 spiro atoms. The summed E-state index contributed by atoms with van der Waals surface area (Å²) in [6.45, 7) is 8.12. The fourth-order valence-electron chi connectivity index (χ4n) is 4.29. The van der Waals surface area contributed by atoms with Crippen molar-refractivity contribution < 1.29 is 9.90 Å². The molecule has 0 aromatic rings. The molecule has 2 fully saturated rings. The van der Waals surface area contributed by atoms with Crippen LogP contribution in [0.3, 0.4) is 0 Å². The number of carboxylic acid groups (broad SMARTS) is 1. The van der Waals surface area contributed by atoms with Crippen LogP contribution in [0.1, 0.15) is 65.7 Å². The van der Waals surface area contributed by atoms with Gasteiger partial charge in [0.05, 0.1) is 0 Å². The molecule has 1 saturated carbocycles. The van der Waals surface area contributed by atoms with Gasteiger partial charge in [0.15, 0.2) is 0 Å². The van der Waals surface area contributed by atoms with Gasteiger partial charge in [0.25, 0.3) is 0 Å². The highest BCUT2D eigenvalue weighted by molar-refractivity contribution is 5.78. The maximum absolute atomic E-state index is 11.5. The van der Waals surface area contributed by atoms with Gasteiger partial charge in [-0.2, -0.15) is 0 Å². The third-order valence-corrected chi connectivity index (χ3v) is 5.33. The van der Waals surface area contributed by atoms with Gasteiger partial charge in [-0.05, 0) is 71.9 Å². The molecule has 122 valence electrons. The summed E-state index contributed by atoms with van der Waals surface area (Å²) in [6, 6.07) is 0.980. The lowest BCUT2D eigenvalue weighted by atomic mass is 9.85. The molecule has 1 aliphatic heterocycles. The molecule has 0 aromatic heterocycles. The minimum Gasteiger partial charge on any atom is -0.480 e. The summed E-state index contributed by atoms with van der Waals surface area (Å²) in [5.74, 6) is 0.187. The molecule has 21 heavy (non-hydrogen) atoms. The third-order valence-electron chi connectivity index (χ3n) is 5.33. The number of hydrogen-bond donors (Lipinski definition) is 2. The van der Waals surface area contributed by atoms with Crippen LogP contribution in [-0.4, -0.2) is 46.7 Å². The van der Waals surface area contributed by atoms with Crippen molar-refractivity contribution in [2.24, 2.45) is 5.92 Å². The van der Waals surface area contributed by atoms with Crippen molar-refractivity contribution in [1.29, 1.82) is 0 Å². The summed E-state index contributed by atoms with van der Waals surface area (Å²) >= 11 is 0. The molecule has 2 N–H and O–H groups in total. The number of fused-ring (bicyclic) bond motifs is 1. The Hall–Kier alpha value is -0.610. The number of likely N-dealkylation sites (tertiary alicyclic amines) is 1. The van der Waals surface area contributed by atoms with Gasteiger partial charge in [-0.3, -0.25) is 10.1 Å². The Bertz CT molecular complexity index is 359. The summed E-state index contributed by atoms with van der Waals surface area (Å²) < 4.78 is 0. The Labute approximate surface area is 129 Å². The summed E-state index contributed by atoms with van der Waals surface area (Å²) in [6.07, 6.45) is 8.56. The van der Waals surface area contributed by atoms with Crippen molar-refractivity contribution in [2.75, 3.05) is 13.1 Å². The topological polar surface area (TPSA) is 52.6 Å². The molecule has 1 saturated heterocycles. The van der Waals surface area contributed by atoms with E-state index in [4.69, 9.17) is 0 Å². The van der Waals surface area contributed by atoms with Crippen LogP contribution in [0.2, 0.25) is 0 Å². The lowest BCUT2D eigenvalue weighted by Gasteiger charge is -2.33. The summed E-state index contributed by atoms with van der Waals surface area (Å²) in [7, 11) is 0. The Morgan fingerprint density at radius 1 is 1.33 bits per heavy atom. The molecular weight excluding hydrogens is 264 g/mol. The van der Waals surface area contributed by atoms with E-state index in [1.54, 1.807) is 0 Å². The van der Waals surface area contributed by atoms with Gasteiger partial charge in [-0.1, -0.05) is 12.8 Å². The molecule has 2 aliphatic rings. The van der Waals surface area contributed by atoms with Crippen LogP contribution in [0.5, 0.6) is 0 Å². The van der Waals surface area contributed by atoms with Crippen LogP contribution < -0.4 is 5.32 Å². The first-order chi connectivity index (χ1) is 9.92. The molecule has 3 unspecified atom stereocenters. The van der Waals surface area contributed by atoms with Gasteiger partial charge < -0.3 is 10.0 Å². The monoisotopic (exact) mass is 296 g/mol. The molecule has 4 heteroatoms. The molecule has 1 heterocycles.